The molecular weight excluding hydrogens is 375 g/mol. The van der Waals surface area contributed by atoms with Gasteiger partial charge in [0.25, 0.3) is 0 Å². The number of amides is 4. The predicted octanol–water partition coefficient (Wildman–Crippen LogP) is 2.47. The van der Waals surface area contributed by atoms with Crippen molar-refractivity contribution < 1.29 is 18.8 Å². The smallest absolute Gasteiger partial charge is 0.318 e. The van der Waals surface area contributed by atoms with Crippen molar-refractivity contribution in [2.24, 2.45) is 0 Å². The van der Waals surface area contributed by atoms with Gasteiger partial charge in [-0.2, -0.15) is 0 Å². The van der Waals surface area contributed by atoms with Crippen LogP contribution in [0.15, 0.2) is 24.3 Å². The molecule has 29 heavy (non-hydrogen) atoms. The summed E-state index contributed by atoms with van der Waals surface area (Å²) in [7, 11) is 0. The fourth-order valence-corrected chi connectivity index (χ4v) is 4.07. The molecule has 1 aromatic rings. The zero-order chi connectivity index (χ0) is 20.4. The van der Waals surface area contributed by atoms with E-state index in [1.165, 1.54) is 40.5 Å². The largest absolute Gasteiger partial charge is 0.335 e. The normalized spacial score (nSPS) is 20.1. The molecule has 2 saturated carbocycles. The number of anilines is 1. The average Bonchev–Trinajstić information content (AvgIpc) is 3.48. The van der Waals surface area contributed by atoms with E-state index in [0.717, 1.165) is 38.5 Å². The van der Waals surface area contributed by atoms with Crippen LogP contribution >= 0.6 is 0 Å². The number of carbonyl (C=O) groups is 3. The summed E-state index contributed by atoms with van der Waals surface area (Å²) in [6.45, 7) is 0.0682. The third-order valence-corrected chi connectivity index (χ3v) is 5.92. The summed E-state index contributed by atoms with van der Waals surface area (Å²) >= 11 is 0. The molecule has 0 spiro atoms. The first kappa shape index (κ1) is 19.7. The van der Waals surface area contributed by atoms with Crippen LogP contribution in [0.3, 0.4) is 0 Å². The van der Waals surface area contributed by atoms with Gasteiger partial charge in [-0.1, -0.05) is 19.3 Å². The minimum Gasteiger partial charge on any atom is -0.335 e. The van der Waals surface area contributed by atoms with E-state index in [9.17, 15) is 18.8 Å². The van der Waals surface area contributed by atoms with Crippen LogP contribution < -0.4 is 10.2 Å². The average molecular weight is 402 g/mol. The van der Waals surface area contributed by atoms with E-state index in [0.29, 0.717) is 5.69 Å². The Balaban J connectivity index is 1.36. The van der Waals surface area contributed by atoms with Crippen molar-refractivity contribution in [1.82, 2.24) is 15.1 Å². The van der Waals surface area contributed by atoms with Gasteiger partial charge in [-0.05, 0) is 49.9 Å². The summed E-state index contributed by atoms with van der Waals surface area (Å²) in [5.74, 6) is -0.833. The highest BCUT2D eigenvalue weighted by molar-refractivity contribution is 6.00. The number of benzene rings is 1. The van der Waals surface area contributed by atoms with Crippen LogP contribution in [0.2, 0.25) is 0 Å². The number of hydrogen-bond donors (Lipinski definition) is 1. The highest BCUT2D eigenvalue weighted by Crippen LogP contribution is 2.28. The van der Waals surface area contributed by atoms with Crippen LogP contribution in [0.25, 0.3) is 0 Å². The van der Waals surface area contributed by atoms with Crippen molar-refractivity contribution in [1.29, 1.82) is 0 Å². The molecule has 156 valence electrons. The molecule has 3 aliphatic rings. The van der Waals surface area contributed by atoms with Gasteiger partial charge in [-0.15, -0.1) is 0 Å². The van der Waals surface area contributed by atoms with Crippen molar-refractivity contribution in [3.05, 3.63) is 30.1 Å². The predicted molar refractivity (Wildman–Crippen MR) is 106 cm³/mol. The Bertz CT molecular complexity index is 775. The number of nitrogens with one attached hydrogen (secondary N) is 1. The van der Waals surface area contributed by atoms with Crippen LogP contribution in [0.5, 0.6) is 0 Å². The number of rotatable bonds is 5. The molecule has 1 heterocycles. The Hall–Kier alpha value is -2.64. The summed E-state index contributed by atoms with van der Waals surface area (Å²) < 4.78 is 13.1. The van der Waals surface area contributed by atoms with Gasteiger partial charge in [0.15, 0.2) is 0 Å². The highest BCUT2D eigenvalue weighted by Gasteiger charge is 2.38. The topological polar surface area (TPSA) is 73.0 Å². The standard InChI is InChI=1S/C21H27FN4O3/c22-15-6-8-18(9-7-15)26-14-24(12-20(26)28)19(27)13-25(17-10-11-17)21(29)23-16-4-2-1-3-5-16/h6-9,16-17H,1-5,10-14H2,(H,23,29). The molecule has 4 rings (SSSR count). The summed E-state index contributed by atoms with van der Waals surface area (Å²) in [6.07, 6.45) is 7.27. The summed E-state index contributed by atoms with van der Waals surface area (Å²) in [5.41, 5.74) is 0.556. The molecule has 4 amide bonds. The van der Waals surface area contributed by atoms with Gasteiger partial charge in [0.1, 0.15) is 25.6 Å². The van der Waals surface area contributed by atoms with E-state index in [4.69, 9.17) is 0 Å². The molecule has 8 heteroatoms. The maximum Gasteiger partial charge on any atom is 0.318 e. The van der Waals surface area contributed by atoms with Crippen molar-refractivity contribution in [2.75, 3.05) is 24.7 Å². The SMILES string of the molecule is O=C(CN(C(=O)NC1CCCCC1)C1CC1)N1CC(=O)N(c2ccc(F)cc2)C1. The molecule has 1 N–H and O–H groups in total. The quantitative estimate of drug-likeness (QED) is 0.822. The molecule has 1 aliphatic heterocycles. The van der Waals surface area contributed by atoms with E-state index >= 15 is 0 Å². The molecule has 1 aromatic carbocycles. The van der Waals surface area contributed by atoms with E-state index < -0.39 is 0 Å². The first-order valence-electron chi connectivity index (χ1n) is 10.4. The Kier molecular flexibility index (Phi) is 5.69. The maximum absolute atomic E-state index is 13.1. The van der Waals surface area contributed by atoms with Gasteiger partial charge in [0.05, 0.1) is 0 Å². The molecule has 0 bridgehead atoms. The van der Waals surface area contributed by atoms with Crippen molar-refractivity contribution in [3.8, 4) is 0 Å². The fraction of sp³-hybridized carbons (Fsp3) is 0.571. The van der Waals surface area contributed by atoms with Gasteiger partial charge in [-0.3, -0.25) is 14.5 Å². The molecule has 0 atom stereocenters. The zero-order valence-corrected chi connectivity index (χ0v) is 16.5. The van der Waals surface area contributed by atoms with E-state index in [-0.39, 0.29) is 55.5 Å². The number of halogens is 1. The van der Waals surface area contributed by atoms with Gasteiger partial charge in [0, 0.05) is 17.8 Å². The Morgan fingerprint density at radius 1 is 1.07 bits per heavy atom. The van der Waals surface area contributed by atoms with Crippen LogP contribution in [-0.4, -0.2) is 59.5 Å². The summed E-state index contributed by atoms with van der Waals surface area (Å²) in [6, 6.07) is 5.75. The van der Waals surface area contributed by atoms with Gasteiger partial charge >= 0.3 is 6.03 Å². The molecule has 0 aromatic heterocycles. The van der Waals surface area contributed by atoms with Gasteiger partial charge in [0.2, 0.25) is 11.8 Å². The summed E-state index contributed by atoms with van der Waals surface area (Å²) in [4.78, 5) is 42.5. The zero-order valence-electron chi connectivity index (χ0n) is 16.5. The molecule has 3 fully saturated rings. The minimum atomic E-state index is -0.377. The fourth-order valence-electron chi connectivity index (χ4n) is 4.07. The van der Waals surface area contributed by atoms with Crippen LogP contribution in [-0.2, 0) is 9.59 Å². The van der Waals surface area contributed by atoms with Gasteiger partial charge in [-0.25, -0.2) is 9.18 Å². The first-order valence-corrected chi connectivity index (χ1v) is 10.4. The van der Waals surface area contributed by atoms with Crippen LogP contribution in [0, 0.1) is 5.82 Å². The number of carbonyl (C=O) groups excluding carboxylic acids is 3. The lowest BCUT2D eigenvalue weighted by molar-refractivity contribution is -0.132. The monoisotopic (exact) mass is 402 g/mol. The van der Waals surface area contributed by atoms with E-state index in [1.807, 2.05) is 0 Å². The maximum atomic E-state index is 13.1. The van der Waals surface area contributed by atoms with Gasteiger partial charge < -0.3 is 15.1 Å². The summed E-state index contributed by atoms with van der Waals surface area (Å²) in [5, 5.41) is 3.09. The second-order valence-corrected chi connectivity index (χ2v) is 8.17. The lowest BCUT2D eigenvalue weighted by Crippen LogP contribution is -2.50. The van der Waals surface area contributed by atoms with Crippen molar-refractivity contribution in [3.63, 3.8) is 0 Å². The lowest BCUT2D eigenvalue weighted by atomic mass is 9.96. The Morgan fingerprint density at radius 3 is 2.41 bits per heavy atom. The van der Waals surface area contributed by atoms with E-state index in [1.54, 1.807) is 4.90 Å². The van der Waals surface area contributed by atoms with Crippen LogP contribution in [0.1, 0.15) is 44.9 Å². The third kappa shape index (κ3) is 4.68. The molecule has 2 aliphatic carbocycles. The number of urea groups is 1. The molecule has 7 nitrogen and oxygen atoms in total. The number of nitrogens with zero attached hydrogens (tertiary/aromatic N) is 3. The van der Waals surface area contributed by atoms with Crippen molar-refractivity contribution >= 4 is 23.5 Å². The molecule has 0 unspecified atom stereocenters. The van der Waals surface area contributed by atoms with Crippen molar-refractivity contribution in [2.45, 2.75) is 57.0 Å². The number of hydrogen-bond acceptors (Lipinski definition) is 3. The lowest BCUT2D eigenvalue weighted by Gasteiger charge is -2.29. The minimum absolute atomic E-state index is 0.0201. The second kappa shape index (κ2) is 8.39. The Labute approximate surface area is 169 Å². The highest BCUT2D eigenvalue weighted by atomic mass is 19.1. The Morgan fingerprint density at radius 2 is 1.76 bits per heavy atom. The first-order chi connectivity index (χ1) is 14.0. The third-order valence-electron chi connectivity index (χ3n) is 5.92. The molecular formula is C21H27FN4O3. The second-order valence-electron chi connectivity index (χ2n) is 8.17. The van der Waals surface area contributed by atoms with E-state index in [2.05, 4.69) is 5.32 Å². The molecule has 1 saturated heterocycles. The molecule has 0 radical (unpaired) electrons. The van der Waals surface area contributed by atoms with Crippen LogP contribution in [0.4, 0.5) is 14.9 Å².